The summed E-state index contributed by atoms with van der Waals surface area (Å²) < 4.78 is 0. The lowest BCUT2D eigenvalue weighted by Gasteiger charge is -2.40. The Bertz CT molecular complexity index is 1100. The molecule has 0 spiro atoms. The van der Waals surface area contributed by atoms with Crippen molar-refractivity contribution in [3.63, 3.8) is 0 Å². The Morgan fingerprint density at radius 1 is 1.00 bits per heavy atom. The summed E-state index contributed by atoms with van der Waals surface area (Å²) in [5.41, 5.74) is 4.55. The van der Waals surface area contributed by atoms with Gasteiger partial charge in [0.25, 0.3) is 0 Å². The lowest BCUT2D eigenvalue weighted by atomic mass is 9.89. The molecule has 7 heteroatoms. The predicted octanol–water partition coefficient (Wildman–Crippen LogP) is 4.40. The molecule has 2 amide bonds. The molecule has 1 saturated heterocycles. The summed E-state index contributed by atoms with van der Waals surface area (Å²) in [5.74, 6) is -0.523. The molecule has 2 atom stereocenters. The smallest absolute Gasteiger partial charge is 0.244 e. The third-order valence-electron chi connectivity index (χ3n) is 8.62. The minimum absolute atomic E-state index is 0.228. The third-order valence-corrected chi connectivity index (χ3v) is 8.62. The molecule has 5 rings (SSSR count). The number of imide groups is 1. The van der Waals surface area contributed by atoms with E-state index in [1.165, 1.54) is 24.1 Å². The van der Waals surface area contributed by atoms with Gasteiger partial charge in [-0.1, -0.05) is 62.2 Å². The number of hydrogen-bond acceptors (Lipinski definition) is 6. The molecule has 0 radical (unpaired) electrons. The van der Waals surface area contributed by atoms with Gasteiger partial charge in [0.15, 0.2) is 0 Å². The van der Waals surface area contributed by atoms with Crippen molar-refractivity contribution in [2.24, 2.45) is 0 Å². The summed E-state index contributed by atoms with van der Waals surface area (Å²) in [6, 6.07) is 17.4. The van der Waals surface area contributed by atoms with Crippen molar-refractivity contribution < 1.29 is 14.7 Å². The first-order chi connectivity index (χ1) is 18.5. The number of carbonyl (C=O) groups is 2. The van der Waals surface area contributed by atoms with Crippen molar-refractivity contribution in [2.45, 2.75) is 102 Å². The van der Waals surface area contributed by atoms with Crippen molar-refractivity contribution in [1.82, 2.24) is 15.5 Å². The maximum atomic E-state index is 12.6. The van der Waals surface area contributed by atoms with Crippen LogP contribution in [-0.4, -0.2) is 46.5 Å². The number of piperidine rings is 1. The van der Waals surface area contributed by atoms with Crippen LogP contribution in [-0.2, 0) is 22.7 Å². The van der Waals surface area contributed by atoms with Crippen LogP contribution >= 0.6 is 0 Å². The van der Waals surface area contributed by atoms with E-state index >= 15 is 0 Å². The zero-order valence-electron chi connectivity index (χ0n) is 22.6. The highest BCUT2D eigenvalue weighted by molar-refractivity contribution is 6.00. The lowest BCUT2D eigenvalue weighted by molar-refractivity contribution is -0.141. The van der Waals surface area contributed by atoms with Gasteiger partial charge in [0, 0.05) is 49.4 Å². The van der Waals surface area contributed by atoms with E-state index < -0.39 is 12.3 Å². The molecule has 1 aliphatic carbocycles. The van der Waals surface area contributed by atoms with E-state index in [1.54, 1.807) is 0 Å². The highest BCUT2D eigenvalue weighted by Crippen LogP contribution is 2.41. The van der Waals surface area contributed by atoms with Crippen LogP contribution in [0.15, 0.2) is 48.5 Å². The average molecular weight is 519 g/mol. The highest BCUT2D eigenvalue weighted by atomic mass is 16.3. The van der Waals surface area contributed by atoms with E-state index in [0.29, 0.717) is 31.5 Å². The van der Waals surface area contributed by atoms with Gasteiger partial charge in [-0.05, 0) is 55.7 Å². The fraction of sp³-hybridized carbons (Fsp3) is 0.548. The van der Waals surface area contributed by atoms with Crippen LogP contribution in [0.3, 0.4) is 0 Å². The Morgan fingerprint density at radius 2 is 1.79 bits per heavy atom. The summed E-state index contributed by atoms with van der Waals surface area (Å²) in [6.45, 7) is 4.68. The molecule has 2 aliphatic heterocycles. The quantitative estimate of drug-likeness (QED) is 0.320. The molecule has 0 aromatic heterocycles. The number of amides is 2. The second-order valence-corrected chi connectivity index (χ2v) is 11.1. The third kappa shape index (κ3) is 5.95. The van der Waals surface area contributed by atoms with E-state index in [2.05, 4.69) is 58.9 Å². The van der Waals surface area contributed by atoms with Crippen molar-refractivity contribution in [3.8, 4) is 0 Å². The Balaban J connectivity index is 1.29. The van der Waals surface area contributed by atoms with Crippen molar-refractivity contribution >= 4 is 17.5 Å². The van der Waals surface area contributed by atoms with E-state index in [1.807, 2.05) is 17.0 Å². The molecule has 1 saturated carbocycles. The van der Waals surface area contributed by atoms with Crippen LogP contribution in [0.5, 0.6) is 0 Å². The Morgan fingerprint density at radius 3 is 2.53 bits per heavy atom. The second-order valence-electron chi connectivity index (χ2n) is 11.1. The largest absolute Gasteiger partial charge is 0.374 e. The van der Waals surface area contributed by atoms with Gasteiger partial charge in [0.2, 0.25) is 11.8 Å². The molecule has 0 bridgehead atoms. The van der Waals surface area contributed by atoms with Gasteiger partial charge in [0.1, 0.15) is 6.23 Å². The summed E-state index contributed by atoms with van der Waals surface area (Å²) in [5, 5.41) is 17.5. The number of hydrogen-bond donors (Lipinski definition) is 3. The molecule has 2 aromatic carbocycles. The Labute approximate surface area is 226 Å². The molecule has 2 unspecified atom stereocenters. The maximum Gasteiger partial charge on any atom is 0.244 e. The maximum absolute atomic E-state index is 12.6. The number of benzene rings is 2. The number of fused-ring (bicyclic) bond motifs is 1. The second kappa shape index (κ2) is 12.4. The molecule has 3 N–H and O–H groups in total. The van der Waals surface area contributed by atoms with E-state index in [-0.39, 0.29) is 11.8 Å². The number of nitrogens with one attached hydrogen (secondary N) is 2. The van der Waals surface area contributed by atoms with Gasteiger partial charge < -0.3 is 15.3 Å². The van der Waals surface area contributed by atoms with Gasteiger partial charge in [-0.3, -0.25) is 19.8 Å². The van der Waals surface area contributed by atoms with Crippen LogP contribution in [0.25, 0.3) is 0 Å². The first-order valence-corrected chi connectivity index (χ1v) is 14.5. The van der Waals surface area contributed by atoms with Crippen LogP contribution in [0.1, 0.15) is 87.6 Å². The normalized spacial score (nSPS) is 25.7. The molecule has 2 fully saturated rings. The van der Waals surface area contributed by atoms with E-state index in [0.717, 1.165) is 56.3 Å². The van der Waals surface area contributed by atoms with Crippen LogP contribution < -0.4 is 15.5 Å². The number of rotatable bonds is 10. The molecule has 2 aromatic rings. The molecule has 7 nitrogen and oxygen atoms in total. The molecular weight excluding hydrogens is 476 g/mol. The summed E-state index contributed by atoms with van der Waals surface area (Å²) in [7, 11) is 0. The number of aliphatic hydroxyl groups is 1. The number of carbonyl (C=O) groups excluding carboxylic acids is 2. The zero-order chi connectivity index (χ0) is 26.5. The SMILES string of the molecule is CCCCCN(c1cccc2c1CN(C1CCC(=O)NC1=O)C2O)C1CCC(NCc2ccccc2)CC1. The minimum atomic E-state index is -0.829. The zero-order valence-corrected chi connectivity index (χ0v) is 22.6. The first kappa shape index (κ1) is 26.9. The van der Waals surface area contributed by atoms with Crippen molar-refractivity contribution in [3.05, 3.63) is 65.2 Å². The summed E-state index contributed by atoms with van der Waals surface area (Å²) in [6.07, 6.45) is 8.05. The van der Waals surface area contributed by atoms with E-state index in [9.17, 15) is 14.7 Å². The van der Waals surface area contributed by atoms with Crippen LogP contribution in [0.4, 0.5) is 5.69 Å². The summed E-state index contributed by atoms with van der Waals surface area (Å²) in [4.78, 5) is 28.8. The number of unbranched alkanes of at least 4 members (excludes halogenated alkanes) is 2. The summed E-state index contributed by atoms with van der Waals surface area (Å²) >= 11 is 0. The monoisotopic (exact) mass is 518 g/mol. The highest BCUT2D eigenvalue weighted by Gasteiger charge is 2.41. The van der Waals surface area contributed by atoms with Crippen molar-refractivity contribution in [1.29, 1.82) is 0 Å². The number of aliphatic hydroxyl groups excluding tert-OH is 1. The standard InChI is InChI=1S/C31H42N4O3/c1-2-3-7-19-34(24-15-13-23(14-16-24)32-20-22-9-5-4-6-10-22)27-12-8-11-25-26(27)21-35(31(25)38)28-17-18-29(36)33-30(28)37/h4-6,8-12,23-24,28,31-32,38H,2-3,7,13-21H2,1H3,(H,33,36,37). The van der Waals surface area contributed by atoms with Gasteiger partial charge in [-0.25, -0.2) is 0 Å². The topological polar surface area (TPSA) is 84.9 Å². The lowest BCUT2D eigenvalue weighted by Crippen LogP contribution is -2.51. The van der Waals surface area contributed by atoms with Gasteiger partial charge >= 0.3 is 0 Å². The van der Waals surface area contributed by atoms with Gasteiger partial charge in [-0.15, -0.1) is 0 Å². The van der Waals surface area contributed by atoms with Gasteiger partial charge in [-0.2, -0.15) is 0 Å². The molecule has 204 valence electrons. The molecule has 38 heavy (non-hydrogen) atoms. The fourth-order valence-corrected chi connectivity index (χ4v) is 6.48. The first-order valence-electron chi connectivity index (χ1n) is 14.5. The van der Waals surface area contributed by atoms with Gasteiger partial charge in [0.05, 0.1) is 6.04 Å². The molecular formula is C31H42N4O3. The molecule has 2 heterocycles. The number of nitrogens with zero attached hydrogens (tertiary/aromatic N) is 2. The minimum Gasteiger partial charge on any atom is -0.374 e. The van der Waals surface area contributed by atoms with Crippen LogP contribution in [0, 0.1) is 0 Å². The Hall–Kier alpha value is -2.74. The molecule has 3 aliphatic rings. The predicted molar refractivity (Wildman–Crippen MR) is 149 cm³/mol. The fourth-order valence-electron chi connectivity index (χ4n) is 6.48. The van der Waals surface area contributed by atoms with Crippen molar-refractivity contribution in [2.75, 3.05) is 11.4 Å². The Kier molecular flexibility index (Phi) is 8.77. The van der Waals surface area contributed by atoms with E-state index in [4.69, 9.17) is 0 Å². The number of anilines is 1. The van der Waals surface area contributed by atoms with Crippen LogP contribution in [0.2, 0.25) is 0 Å². The average Bonchev–Trinajstić information content (AvgIpc) is 3.27.